The highest BCUT2D eigenvalue weighted by Crippen LogP contribution is 2.40. The molecule has 2 aromatic heterocycles. The molecule has 1 amide bonds. The number of hydrogen-bond donors (Lipinski definition) is 1. The van der Waals surface area contributed by atoms with Gasteiger partial charge in [-0.1, -0.05) is 6.07 Å². The van der Waals surface area contributed by atoms with Gasteiger partial charge in [0.2, 0.25) is 0 Å². The van der Waals surface area contributed by atoms with Crippen molar-refractivity contribution < 1.29 is 23.8 Å². The van der Waals surface area contributed by atoms with Crippen LogP contribution in [0.4, 0.5) is 4.39 Å². The first-order chi connectivity index (χ1) is 15.5. The summed E-state index contributed by atoms with van der Waals surface area (Å²) in [7, 11) is 1.37. The Kier molecular flexibility index (Phi) is 5.98. The number of rotatable bonds is 7. The van der Waals surface area contributed by atoms with Gasteiger partial charge in [0.05, 0.1) is 30.3 Å². The number of likely N-dealkylation sites (tertiary alicyclic amines) is 1. The minimum Gasteiger partial charge on any atom is -0.507 e. The van der Waals surface area contributed by atoms with Crippen molar-refractivity contribution in [1.29, 1.82) is 0 Å². The average Bonchev–Trinajstić information content (AvgIpc) is 3.41. The van der Waals surface area contributed by atoms with E-state index in [0.717, 1.165) is 6.07 Å². The molecule has 9 heteroatoms. The lowest BCUT2D eigenvalue weighted by Gasteiger charge is -2.24. The summed E-state index contributed by atoms with van der Waals surface area (Å²) in [5.41, 5.74) is 0.260. The van der Waals surface area contributed by atoms with E-state index in [0.29, 0.717) is 18.7 Å². The molecule has 0 bridgehead atoms. The van der Waals surface area contributed by atoms with Crippen LogP contribution < -0.4 is 4.74 Å². The summed E-state index contributed by atoms with van der Waals surface area (Å²) >= 11 is 0. The number of hydrogen-bond acceptors (Lipinski definition) is 6. The first-order valence-corrected chi connectivity index (χ1v) is 10.00. The fourth-order valence-corrected chi connectivity index (χ4v) is 3.81. The van der Waals surface area contributed by atoms with E-state index in [2.05, 4.69) is 9.97 Å². The third-order valence-electron chi connectivity index (χ3n) is 5.30. The number of methoxy groups -OCH3 is 1. The molecule has 0 radical (unpaired) electrons. The summed E-state index contributed by atoms with van der Waals surface area (Å²) in [4.78, 5) is 35.6. The van der Waals surface area contributed by atoms with Crippen LogP contribution in [0.2, 0.25) is 0 Å². The van der Waals surface area contributed by atoms with Crippen LogP contribution in [0.5, 0.6) is 5.75 Å². The molecule has 1 saturated heterocycles. The molecule has 3 aromatic rings. The van der Waals surface area contributed by atoms with E-state index in [1.54, 1.807) is 43.1 Å². The standard InChI is InChI=1S/C23H21FN4O4/c1-32-18-7-6-15(24)13-16(18)21(29)19-20(17-5-2-3-8-26-17)28(23(31)22(19)30)11-4-10-27-12-9-25-14-27/h2-3,5-9,12-14,20,29H,4,10-11H2,1H3/b21-19+/t20-/m1/s1. The van der Waals surface area contributed by atoms with Crippen molar-refractivity contribution >= 4 is 17.4 Å². The maximum atomic E-state index is 13.9. The SMILES string of the molecule is COc1ccc(F)cc1/C(O)=C1\C(=O)C(=O)N(CCCn2ccnc2)[C@@H]1c1ccccn1. The fourth-order valence-electron chi connectivity index (χ4n) is 3.81. The number of carbonyl (C=O) groups excluding carboxylic acids is 2. The molecule has 164 valence electrons. The van der Waals surface area contributed by atoms with Crippen LogP contribution in [0.25, 0.3) is 5.76 Å². The number of nitrogens with zero attached hydrogens (tertiary/aromatic N) is 4. The molecule has 0 spiro atoms. The Morgan fingerprint density at radius 2 is 2.03 bits per heavy atom. The Hall–Kier alpha value is -4.01. The minimum absolute atomic E-state index is 0.00940. The fraction of sp³-hybridized carbons (Fsp3) is 0.217. The quantitative estimate of drug-likeness (QED) is 0.348. The van der Waals surface area contributed by atoms with E-state index >= 15 is 0 Å². The van der Waals surface area contributed by atoms with E-state index in [4.69, 9.17) is 4.74 Å². The molecule has 3 heterocycles. The normalized spacial score (nSPS) is 17.7. The number of carbonyl (C=O) groups is 2. The second-order valence-corrected chi connectivity index (χ2v) is 7.25. The number of benzene rings is 1. The zero-order valence-electron chi connectivity index (χ0n) is 17.3. The van der Waals surface area contributed by atoms with Gasteiger partial charge in [-0.2, -0.15) is 0 Å². The van der Waals surface area contributed by atoms with E-state index in [1.807, 2.05) is 4.57 Å². The molecule has 1 fully saturated rings. The first-order valence-electron chi connectivity index (χ1n) is 10.00. The van der Waals surface area contributed by atoms with Crippen LogP contribution in [0, 0.1) is 5.82 Å². The van der Waals surface area contributed by atoms with Crippen molar-refractivity contribution in [3.05, 3.63) is 84.0 Å². The number of ketones is 1. The number of ether oxygens (including phenoxy) is 1. The number of aromatic nitrogens is 3. The van der Waals surface area contributed by atoms with Gasteiger partial charge in [0, 0.05) is 31.7 Å². The maximum absolute atomic E-state index is 13.9. The highest BCUT2D eigenvalue weighted by molar-refractivity contribution is 6.46. The lowest BCUT2D eigenvalue weighted by atomic mass is 9.97. The predicted octanol–water partition coefficient (Wildman–Crippen LogP) is 2.94. The molecule has 8 nitrogen and oxygen atoms in total. The highest BCUT2D eigenvalue weighted by atomic mass is 19.1. The number of aryl methyl sites for hydroxylation is 1. The van der Waals surface area contributed by atoms with Gasteiger partial charge in [-0.05, 0) is 36.8 Å². The second kappa shape index (κ2) is 9.01. The molecule has 1 aliphatic rings. The average molecular weight is 436 g/mol. The summed E-state index contributed by atoms with van der Waals surface area (Å²) in [5.74, 6) is -2.55. The zero-order chi connectivity index (χ0) is 22.7. The number of imidazole rings is 1. The van der Waals surface area contributed by atoms with Crippen LogP contribution in [-0.4, -0.2) is 49.9 Å². The maximum Gasteiger partial charge on any atom is 0.295 e. The van der Waals surface area contributed by atoms with Gasteiger partial charge in [-0.3, -0.25) is 14.6 Å². The number of aliphatic hydroxyl groups is 1. The molecular weight excluding hydrogens is 415 g/mol. The van der Waals surface area contributed by atoms with Gasteiger partial charge >= 0.3 is 0 Å². The Morgan fingerprint density at radius 1 is 1.19 bits per heavy atom. The molecule has 32 heavy (non-hydrogen) atoms. The first kappa shape index (κ1) is 21.2. The summed E-state index contributed by atoms with van der Waals surface area (Å²) in [6.07, 6.45) is 7.23. The van der Waals surface area contributed by atoms with E-state index in [1.165, 1.54) is 24.1 Å². The van der Waals surface area contributed by atoms with Gasteiger partial charge in [-0.15, -0.1) is 0 Å². The van der Waals surface area contributed by atoms with Gasteiger partial charge in [-0.25, -0.2) is 9.37 Å². The van der Waals surface area contributed by atoms with Crippen molar-refractivity contribution in [3.8, 4) is 5.75 Å². The van der Waals surface area contributed by atoms with Crippen molar-refractivity contribution in [1.82, 2.24) is 19.4 Å². The van der Waals surface area contributed by atoms with E-state index in [9.17, 15) is 19.1 Å². The van der Waals surface area contributed by atoms with Crippen LogP contribution >= 0.6 is 0 Å². The lowest BCUT2D eigenvalue weighted by Crippen LogP contribution is -2.31. The Morgan fingerprint density at radius 3 is 2.72 bits per heavy atom. The smallest absolute Gasteiger partial charge is 0.295 e. The zero-order valence-corrected chi connectivity index (χ0v) is 17.3. The third kappa shape index (κ3) is 3.96. The molecule has 0 aliphatic carbocycles. The van der Waals surface area contributed by atoms with Gasteiger partial charge in [0.1, 0.15) is 23.4 Å². The summed E-state index contributed by atoms with van der Waals surface area (Å²) in [6.45, 7) is 0.844. The minimum atomic E-state index is -0.910. The number of amides is 1. The molecule has 4 rings (SSSR count). The molecule has 0 saturated carbocycles. The second-order valence-electron chi connectivity index (χ2n) is 7.25. The van der Waals surface area contributed by atoms with Crippen LogP contribution in [-0.2, 0) is 16.1 Å². The predicted molar refractivity (Wildman–Crippen MR) is 113 cm³/mol. The van der Waals surface area contributed by atoms with Crippen molar-refractivity contribution in [2.75, 3.05) is 13.7 Å². The van der Waals surface area contributed by atoms with Crippen molar-refractivity contribution in [3.63, 3.8) is 0 Å². The van der Waals surface area contributed by atoms with Gasteiger partial charge < -0.3 is 19.3 Å². The monoisotopic (exact) mass is 436 g/mol. The molecule has 1 N–H and O–H groups in total. The summed E-state index contributed by atoms with van der Waals surface area (Å²) in [6, 6.07) is 7.81. The number of halogens is 1. The number of aliphatic hydroxyl groups excluding tert-OH is 1. The third-order valence-corrected chi connectivity index (χ3v) is 5.30. The van der Waals surface area contributed by atoms with Gasteiger partial charge in [0.15, 0.2) is 0 Å². The molecular formula is C23H21FN4O4. The molecule has 0 unspecified atom stereocenters. The molecule has 1 atom stereocenters. The van der Waals surface area contributed by atoms with E-state index in [-0.39, 0.29) is 23.4 Å². The lowest BCUT2D eigenvalue weighted by molar-refractivity contribution is -0.140. The molecule has 1 aromatic carbocycles. The van der Waals surface area contributed by atoms with Crippen molar-refractivity contribution in [2.24, 2.45) is 0 Å². The Bertz CT molecular complexity index is 1160. The van der Waals surface area contributed by atoms with Crippen LogP contribution in [0.1, 0.15) is 23.7 Å². The largest absolute Gasteiger partial charge is 0.507 e. The van der Waals surface area contributed by atoms with Crippen molar-refractivity contribution in [2.45, 2.75) is 19.0 Å². The Labute approximate surface area is 183 Å². The molecule has 1 aliphatic heterocycles. The summed E-state index contributed by atoms with van der Waals surface area (Å²) < 4.78 is 21.0. The number of Topliss-reactive ketones (excluding diaryl/α,β-unsaturated/α-hetero) is 1. The Balaban J connectivity index is 1.76. The van der Waals surface area contributed by atoms with E-state index < -0.39 is 29.3 Å². The topological polar surface area (TPSA) is 97.6 Å². The van der Waals surface area contributed by atoms with Crippen LogP contribution in [0.15, 0.2) is 66.9 Å². The van der Waals surface area contributed by atoms with Gasteiger partial charge in [0.25, 0.3) is 11.7 Å². The highest BCUT2D eigenvalue weighted by Gasteiger charge is 2.46. The number of pyridine rings is 1. The summed E-state index contributed by atoms with van der Waals surface area (Å²) in [5, 5.41) is 11.1. The van der Waals surface area contributed by atoms with Crippen LogP contribution in [0.3, 0.4) is 0 Å².